The van der Waals surface area contributed by atoms with Gasteiger partial charge in [-0.2, -0.15) is 0 Å². The zero-order valence-corrected chi connectivity index (χ0v) is 16.6. The monoisotopic (exact) mass is 417 g/mol. The third-order valence-corrected chi connectivity index (χ3v) is 6.62. The standard InChI is InChI=1S/C19H20BrN3OS/c1-3-12-10-25-19-22-16(15-6-4-5-7-21-15)17(23(12)19)13-8-11(2)9-14(20)18(13)24/h4-9,12,16-17,24H,3,10H2,1-2H3/t12-,16-,17+/m0/s1. The average molecular weight is 418 g/mol. The van der Waals surface area contributed by atoms with E-state index in [-0.39, 0.29) is 12.1 Å². The maximum absolute atomic E-state index is 10.8. The van der Waals surface area contributed by atoms with Crippen LogP contribution in [-0.2, 0) is 0 Å². The molecule has 1 aromatic carbocycles. The van der Waals surface area contributed by atoms with Gasteiger partial charge in [0.1, 0.15) is 11.8 Å². The molecule has 0 saturated carbocycles. The highest BCUT2D eigenvalue weighted by molar-refractivity contribution is 9.10. The van der Waals surface area contributed by atoms with Crippen LogP contribution in [0, 0.1) is 6.92 Å². The second-order valence-corrected chi connectivity index (χ2v) is 8.36. The van der Waals surface area contributed by atoms with Crippen molar-refractivity contribution in [3.05, 3.63) is 57.8 Å². The first-order valence-electron chi connectivity index (χ1n) is 8.49. The fourth-order valence-corrected chi connectivity index (χ4v) is 5.60. The van der Waals surface area contributed by atoms with Gasteiger partial charge in [0, 0.05) is 23.6 Å². The Kier molecular flexibility index (Phi) is 4.50. The van der Waals surface area contributed by atoms with Crippen molar-refractivity contribution in [1.29, 1.82) is 0 Å². The number of aromatic hydroxyl groups is 1. The van der Waals surface area contributed by atoms with Crippen molar-refractivity contribution in [3.8, 4) is 5.75 Å². The fraction of sp³-hybridized carbons (Fsp3) is 0.368. The molecular weight excluding hydrogens is 398 g/mol. The number of aryl methyl sites for hydroxylation is 1. The van der Waals surface area contributed by atoms with Gasteiger partial charge in [-0.05, 0) is 53.0 Å². The van der Waals surface area contributed by atoms with Crippen LogP contribution in [0.4, 0.5) is 0 Å². The number of amidine groups is 1. The lowest BCUT2D eigenvalue weighted by molar-refractivity contribution is 0.250. The van der Waals surface area contributed by atoms with Crippen LogP contribution in [0.1, 0.15) is 42.2 Å². The summed E-state index contributed by atoms with van der Waals surface area (Å²) in [6.45, 7) is 4.27. The number of benzene rings is 1. The number of halogens is 1. The predicted octanol–water partition coefficient (Wildman–Crippen LogP) is 4.84. The molecule has 0 radical (unpaired) electrons. The Morgan fingerprint density at radius 1 is 1.36 bits per heavy atom. The van der Waals surface area contributed by atoms with Crippen molar-refractivity contribution < 1.29 is 5.11 Å². The molecule has 0 amide bonds. The lowest BCUT2D eigenvalue weighted by atomic mass is 9.93. The molecular formula is C19H20BrN3OS. The van der Waals surface area contributed by atoms with Gasteiger partial charge in [0.05, 0.1) is 16.2 Å². The molecule has 1 saturated heterocycles. The third kappa shape index (κ3) is 2.85. The highest BCUT2D eigenvalue weighted by atomic mass is 79.9. The van der Waals surface area contributed by atoms with Gasteiger partial charge in [0.2, 0.25) is 0 Å². The van der Waals surface area contributed by atoms with Crippen molar-refractivity contribution in [2.24, 2.45) is 4.99 Å². The summed E-state index contributed by atoms with van der Waals surface area (Å²) < 4.78 is 0.732. The summed E-state index contributed by atoms with van der Waals surface area (Å²) >= 11 is 5.31. The number of aromatic nitrogens is 1. The molecule has 1 aromatic heterocycles. The quantitative estimate of drug-likeness (QED) is 0.775. The number of nitrogens with zero attached hydrogens (tertiary/aromatic N) is 3. The average Bonchev–Trinajstić information content (AvgIpc) is 3.17. The van der Waals surface area contributed by atoms with Crippen LogP contribution in [-0.4, -0.2) is 32.0 Å². The van der Waals surface area contributed by atoms with Gasteiger partial charge in [-0.1, -0.05) is 30.8 Å². The molecule has 3 heterocycles. The Bertz CT molecular complexity index is 827. The van der Waals surface area contributed by atoms with Crippen LogP contribution >= 0.6 is 27.7 Å². The van der Waals surface area contributed by atoms with E-state index in [0.29, 0.717) is 11.8 Å². The summed E-state index contributed by atoms with van der Waals surface area (Å²) in [7, 11) is 0. The Labute approximate surface area is 160 Å². The molecule has 25 heavy (non-hydrogen) atoms. The Hall–Kier alpha value is -1.53. The van der Waals surface area contributed by atoms with Crippen LogP contribution in [0.25, 0.3) is 0 Å². The van der Waals surface area contributed by atoms with Gasteiger partial charge in [0.15, 0.2) is 5.17 Å². The van der Waals surface area contributed by atoms with Gasteiger partial charge >= 0.3 is 0 Å². The van der Waals surface area contributed by atoms with Crippen LogP contribution in [0.5, 0.6) is 5.75 Å². The summed E-state index contributed by atoms with van der Waals surface area (Å²) in [6, 6.07) is 10.3. The summed E-state index contributed by atoms with van der Waals surface area (Å²) in [5.41, 5.74) is 2.98. The molecule has 0 bridgehead atoms. The minimum absolute atomic E-state index is 0.0268. The molecule has 2 aliphatic heterocycles. The van der Waals surface area contributed by atoms with Gasteiger partial charge in [0.25, 0.3) is 0 Å². The topological polar surface area (TPSA) is 48.7 Å². The number of thioether (sulfide) groups is 1. The van der Waals surface area contributed by atoms with Gasteiger partial charge < -0.3 is 10.0 Å². The third-order valence-electron chi connectivity index (χ3n) is 4.89. The highest BCUT2D eigenvalue weighted by Gasteiger charge is 2.46. The molecule has 3 atom stereocenters. The molecule has 2 aliphatic rings. The second kappa shape index (κ2) is 6.65. The maximum atomic E-state index is 10.8. The summed E-state index contributed by atoms with van der Waals surface area (Å²) in [5.74, 6) is 1.36. The van der Waals surface area contributed by atoms with E-state index in [0.717, 1.165) is 38.6 Å². The van der Waals surface area contributed by atoms with E-state index < -0.39 is 0 Å². The van der Waals surface area contributed by atoms with E-state index in [4.69, 9.17) is 4.99 Å². The van der Waals surface area contributed by atoms with Crippen molar-refractivity contribution in [1.82, 2.24) is 9.88 Å². The molecule has 6 heteroatoms. The number of hydrogen-bond acceptors (Lipinski definition) is 5. The van der Waals surface area contributed by atoms with Crippen LogP contribution in [0.3, 0.4) is 0 Å². The Morgan fingerprint density at radius 3 is 2.92 bits per heavy atom. The van der Waals surface area contributed by atoms with Gasteiger partial charge in [-0.15, -0.1) is 0 Å². The number of aliphatic imine (C=N–C) groups is 1. The van der Waals surface area contributed by atoms with Crippen LogP contribution < -0.4 is 0 Å². The minimum Gasteiger partial charge on any atom is -0.506 e. The van der Waals surface area contributed by atoms with Crippen molar-refractivity contribution in [3.63, 3.8) is 0 Å². The smallest absolute Gasteiger partial charge is 0.160 e. The maximum Gasteiger partial charge on any atom is 0.160 e. The number of hydrogen-bond donors (Lipinski definition) is 1. The lowest BCUT2D eigenvalue weighted by Crippen LogP contribution is -2.35. The van der Waals surface area contributed by atoms with E-state index in [1.807, 2.05) is 42.2 Å². The summed E-state index contributed by atoms with van der Waals surface area (Å²) in [6.07, 6.45) is 2.87. The Morgan fingerprint density at radius 2 is 2.20 bits per heavy atom. The van der Waals surface area contributed by atoms with Crippen LogP contribution in [0.2, 0.25) is 0 Å². The summed E-state index contributed by atoms with van der Waals surface area (Å²) in [4.78, 5) is 11.9. The Balaban J connectivity index is 1.86. The van der Waals surface area contributed by atoms with Crippen LogP contribution in [0.15, 0.2) is 46.0 Å². The molecule has 4 rings (SSSR count). The molecule has 0 aliphatic carbocycles. The van der Waals surface area contributed by atoms with E-state index in [2.05, 4.69) is 45.7 Å². The molecule has 1 fully saturated rings. The zero-order valence-electron chi connectivity index (χ0n) is 14.2. The SMILES string of the molecule is CC[C@H]1CSC2=N[C@@H](c3ccccn3)[C@@H](c3cc(C)cc(Br)c3O)N21. The van der Waals surface area contributed by atoms with Crippen molar-refractivity contribution in [2.45, 2.75) is 38.4 Å². The number of pyridine rings is 1. The van der Waals surface area contributed by atoms with E-state index in [1.54, 1.807) is 0 Å². The largest absolute Gasteiger partial charge is 0.506 e. The first-order chi connectivity index (χ1) is 12.1. The number of rotatable bonds is 3. The molecule has 0 unspecified atom stereocenters. The van der Waals surface area contributed by atoms with E-state index >= 15 is 0 Å². The molecule has 0 spiro atoms. The first-order valence-corrected chi connectivity index (χ1v) is 10.3. The summed E-state index contributed by atoms with van der Waals surface area (Å²) in [5, 5.41) is 11.8. The van der Waals surface area contributed by atoms with Gasteiger partial charge in [-0.25, -0.2) is 0 Å². The highest BCUT2D eigenvalue weighted by Crippen LogP contribution is 2.51. The van der Waals surface area contributed by atoms with E-state index in [1.165, 1.54) is 0 Å². The fourth-order valence-electron chi connectivity index (χ4n) is 3.67. The van der Waals surface area contributed by atoms with Crippen molar-refractivity contribution in [2.75, 3.05) is 5.75 Å². The lowest BCUT2D eigenvalue weighted by Gasteiger charge is -2.32. The van der Waals surface area contributed by atoms with Crippen molar-refractivity contribution >= 4 is 32.9 Å². The molecule has 2 aromatic rings. The first kappa shape index (κ1) is 16.9. The number of phenols is 1. The molecule has 130 valence electrons. The number of fused-ring (bicyclic) bond motifs is 1. The normalized spacial score (nSPS) is 25.2. The minimum atomic E-state index is -0.0994. The zero-order chi connectivity index (χ0) is 17.6. The predicted molar refractivity (Wildman–Crippen MR) is 106 cm³/mol. The number of phenolic OH excluding ortho intramolecular Hbond substituents is 1. The molecule has 4 nitrogen and oxygen atoms in total. The van der Waals surface area contributed by atoms with Gasteiger partial charge in [-0.3, -0.25) is 9.98 Å². The second-order valence-electron chi connectivity index (χ2n) is 6.52. The molecule has 1 N–H and O–H groups in total. The van der Waals surface area contributed by atoms with E-state index in [9.17, 15) is 5.11 Å².